The van der Waals surface area contributed by atoms with Gasteiger partial charge >= 0.3 is 12.1 Å². The van der Waals surface area contributed by atoms with Crippen molar-refractivity contribution in [3.63, 3.8) is 0 Å². The van der Waals surface area contributed by atoms with Crippen LogP contribution in [0.3, 0.4) is 0 Å². The van der Waals surface area contributed by atoms with Crippen molar-refractivity contribution in [2.24, 2.45) is 0 Å². The highest BCUT2D eigenvalue weighted by Crippen LogP contribution is 2.33. The van der Waals surface area contributed by atoms with Crippen LogP contribution in [-0.4, -0.2) is 46.3 Å². The molecule has 0 aliphatic carbocycles. The number of aromatic nitrogens is 4. The Morgan fingerprint density at radius 2 is 2.03 bits per heavy atom. The Kier molecular flexibility index (Phi) is 4.74. The molecule has 8 nitrogen and oxygen atoms in total. The second-order valence-corrected chi connectivity index (χ2v) is 6.26. The van der Waals surface area contributed by atoms with Crippen molar-refractivity contribution >= 4 is 11.6 Å². The zero-order valence-electron chi connectivity index (χ0n) is 15.1. The summed E-state index contributed by atoms with van der Waals surface area (Å²) in [4.78, 5) is 25.8. The number of anilines is 1. The third-order valence-electron chi connectivity index (χ3n) is 4.36. The zero-order chi connectivity index (χ0) is 20.6. The van der Waals surface area contributed by atoms with Crippen LogP contribution in [0.5, 0.6) is 0 Å². The number of ether oxygens (including phenoxy) is 1. The molecule has 150 valence electrons. The SMILES string of the molecule is COCCN1C(=O)Cc2cnc(-c3cc(-c4noc(C(F)(F)F)n4)ccn3)cc21. The molecule has 1 amide bonds. The summed E-state index contributed by atoms with van der Waals surface area (Å²) < 4.78 is 47.4. The highest BCUT2D eigenvalue weighted by atomic mass is 19.4. The first-order valence-corrected chi connectivity index (χ1v) is 8.53. The van der Waals surface area contributed by atoms with Crippen LogP contribution in [0.4, 0.5) is 18.9 Å². The van der Waals surface area contributed by atoms with Crippen LogP contribution in [0.1, 0.15) is 11.5 Å². The molecule has 0 aromatic carbocycles. The zero-order valence-corrected chi connectivity index (χ0v) is 15.1. The molecule has 4 rings (SSSR count). The first-order valence-electron chi connectivity index (χ1n) is 8.53. The number of hydrogen-bond donors (Lipinski definition) is 0. The van der Waals surface area contributed by atoms with Gasteiger partial charge in [-0.05, 0) is 18.2 Å². The van der Waals surface area contributed by atoms with Gasteiger partial charge in [0.15, 0.2) is 0 Å². The van der Waals surface area contributed by atoms with Crippen molar-refractivity contribution in [1.82, 2.24) is 20.1 Å². The number of fused-ring (bicyclic) bond motifs is 1. The fraction of sp³-hybridized carbons (Fsp3) is 0.278. The van der Waals surface area contributed by atoms with Crippen molar-refractivity contribution in [1.29, 1.82) is 0 Å². The second-order valence-electron chi connectivity index (χ2n) is 6.26. The van der Waals surface area contributed by atoms with E-state index in [4.69, 9.17) is 4.74 Å². The minimum Gasteiger partial charge on any atom is -0.383 e. The molecule has 0 fully saturated rings. The van der Waals surface area contributed by atoms with Crippen LogP contribution < -0.4 is 4.90 Å². The van der Waals surface area contributed by atoms with Gasteiger partial charge in [-0.15, -0.1) is 0 Å². The predicted octanol–water partition coefficient (Wildman–Crippen LogP) is 2.75. The normalized spacial score (nSPS) is 13.8. The highest BCUT2D eigenvalue weighted by molar-refractivity contribution is 6.01. The Labute approximate surface area is 162 Å². The molecule has 0 saturated heterocycles. The molecule has 4 heterocycles. The lowest BCUT2D eigenvalue weighted by molar-refractivity contribution is -0.159. The van der Waals surface area contributed by atoms with Gasteiger partial charge in [0, 0.05) is 37.2 Å². The van der Waals surface area contributed by atoms with Crippen LogP contribution in [0.15, 0.2) is 35.1 Å². The largest absolute Gasteiger partial charge is 0.471 e. The van der Waals surface area contributed by atoms with E-state index in [1.54, 1.807) is 24.3 Å². The maximum atomic E-state index is 12.7. The Morgan fingerprint density at radius 1 is 1.24 bits per heavy atom. The average Bonchev–Trinajstić information content (AvgIpc) is 3.31. The van der Waals surface area contributed by atoms with Crippen molar-refractivity contribution in [3.8, 4) is 22.8 Å². The molecule has 0 atom stereocenters. The summed E-state index contributed by atoms with van der Waals surface area (Å²) >= 11 is 0. The van der Waals surface area contributed by atoms with Crippen molar-refractivity contribution in [2.45, 2.75) is 12.6 Å². The van der Waals surface area contributed by atoms with E-state index in [9.17, 15) is 18.0 Å². The van der Waals surface area contributed by atoms with Crippen molar-refractivity contribution < 1.29 is 27.2 Å². The fourth-order valence-electron chi connectivity index (χ4n) is 2.99. The third kappa shape index (κ3) is 3.68. The maximum Gasteiger partial charge on any atom is 0.471 e. The van der Waals surface area contributed by atoms with E-state index < -0.39 is 12.1 Å². The molecule has 0 N–H and O–H groups in total. The lowest BCUT2D eigenvalue weighted by Crippen LogP contribution is -2.30. The highest BCUT2D eigenvalue weighted by Gasteiger charge is 2.38. The monoisotopic (exact) mass is 405 g/mol. The Balaban J connectivity index is 1.67. The van der Waals surface area contributed by atoms with E-state index in [0.29, 0.717) is 35.8 Å². The quantitative estimate of drug-likeness (QED) is 0.644. The number of nitrogens with zero attached hydrogens (tertiary/aromatic N) is 5. The van der Waals surface area contributed by atoms with E-state index in [2.05, 4.69) is 24.6 Å². The minimum atomic E-state index is -4.72. The summed E-state index contributed by atoms with van der Waals surface area (Å²) in [6.07, 6.45) is -1.46. The number of halogens is 3. The number of carbonyl (C=O) groups is 1. The Hall–Kier alpha value is -3.34. The molecule has 0 radical (unpaired) electrons. The molecule has 1 aliphatic heterocycles. The first-order chi connectivity index (χ1) is 13.9. The predicted molar refractivity (Wildman–Crippen MR) is 93.7 cm³/mol. The number of alkyl halides is 3. The molecule has 3 aromatic heterocycles. The maximum absolute atomic E-state index is 12.7. The molecule has 0 bridgehead atoms. The molecule has 1 aliphatic rings. The summed E-state index contributed by atoms with van der Waals surface area (Å²) in [6.45, 7) is 0.790. The van der Waals surface area contributed by atoms with Crippen LogP contribution in [0.25, 0.3) is 22.8 Å². The van der Waals surface area contributed by atoms with Crippen LogP contribution in [0.2, 0.25) is 0 Å². The molecule has 29 heavy (non-hydrogen) atoms. The van der Waals surface area contributed by atoms with Gasteiger partial charge in [0.25, 0.3) is 0 Å². The number of methoxy groups -OCH3 is 1. The van der Waals surface area contributed by atoms with Gasteiger partial charge in [0.1, 0.15) is 0 Å². The van der Waals surface area contributed by atoms with Gasteiger partial charge in [-0.1, -0.05) is 5.16 Å². The van der Waals surface area contributed by atoms with Gasteiger partial charge < -0.3 is 14.2 Å². The summed E-state index contributed by atoms with van der Waals surface area (Å²) in [5.74, 6) is -1.68. The number of hydrogen-bond acceptors (Lipinski definition) is 7. The third-order valence-corrected chi connectivity index (χ3v) is 4.36. The molecule has 0 unspecified atom stereocenters. The fourth-order valence-corrected chi connectivity index (χ4v) is 2.99. The molecule has 0 saturated carbocycles. The lowest BCUT2D eigenvalue weighted by Gasteiger charge is -2.17. The minimum absolute atomic E-state index is 0.0517. The van der Waals surface area contributed by atoms with Gasteiger partial charge in [-0.2, -0.15) is 18.2 Å². The average molecular weight is 405 g/mol. The molecular formula is C18H14F3N5O3. The summed E-state index contributed by atoms with van der Waals surface area (Å²) in [7, 11) is 1.55. The number of rotatable bonds is 5. The lowest BCUT2D eigenvalue weighted by atomic mass is 10.1. The molecule has 0 spiro atoms. The first kappa shape index (κ1) is 19.0. The van der Waals surface area contributed by atoms with Crippen molar-refractivity contribution in [3.05, 3.63) is 42.0 Å². The Morgan fingerprint density at radius 3 is 2.76 bits per heavy atom. The smallest absolute Gasteiger partial charge is 0.383 e. The van der Waals surface area contributed by atoms with Crippen LogP contribution >= 0.6 is 0 Å². The summed E-state index contributed by atoms with van der Waals surface area (Å²) in [6, 6.07) is 4.70. The van der Waals surface area contributed by atoms with Crippen molar-refractivity contribution in [2.75, 3.05) is 25.2 Å². The Bertz CT molecular complexity index is 1070. The van der Waals surface area contributed by atoms with E-state index >= 15 is 0 Å². The van der Waals surface area contributed by atoms with Gasteiger partial charge in [-0.3, -0.25) is 14.8 Å². The van der Waals surface area contributed by atoms with E-state index in [1.165, 1.54) is 18.3 Å². The van der Waals surface area contributed by atoms with E-state index in [-0.39, 0.29) is 18.2 Å². The van der Waals surface area contributed by atoms with Gasteiger partial charge in [0.05, 0.1) is 30.1 Å². The van der Waals surface area contributed by atoms with E-state index in [0.717, 1.165) is 5.56 Å². The number of pyridine rings is 2. The van der Waals surface area contributed by atoms with Crippen LogP contribution in [-0.2, 0) is 22.1 Å². The summed E-state index contributed by atoms with van der Waals surface area (Å²) in [5.41, 5.74) is 2.66. The molecule has 11 heteroatoms. The standard InChI is InChI=1S/C18H14F3N5O3/c1-28-5-4-26-14-8-13(23-9-11(14)7-15(26)27)12-6-10(2-3-22-12)16-24-17(29-25-16)18(19,20)21/h2-3,6,8-9H,4-5,7H2,1H3. The topological polar surface area (TPSA) is 94.2 Å². The second kappa shape index (κ2) is 7.24. The number of amides is 1. The molecular weight excluding hydrogens is 391 g/mol. The van der Waals surface area contributed by atoms with Gasteiger partial charge in [0.2, 0.25) is 11.7 Å². The number of carbonyl (C=O) groups excluding carboxylic acids is 1. The van der Waals surface area contributed by atoms with Gasteiger partial charge in [-0.25, -0.2) is 0 Å². The van der Waals surface area contributed by atoms with Crippen LogP contribution in [0, 0.1) is 0 Å². The molecule has 3 aromatic rings. The summed E-state index contributed by atoms with van der Waals surface area (Å²) in [5, 5.41) is 3.38. The van der Waals surface area contributed by atoms with E-state index in [1.807, 2.05) is 0 Å².